The third-order valence-electron chi connectivity index (χ3n) is 5.14. The zero-order valence-corrected chi connectivity index (χ0v) is 11.2. The van der Waals surface area contributed by atoms with E-state index in [-0.39, 0.29) is 5.41 Å². The van der Waals surface area contributed by atoms with E-state index in [2.05, 4.69) is 22.0 Å². The van der Waals surface area contributed by atoms with E-state index in [1.54, 1.807) is 6.33 Å². The minimum Gasteiger partial charge on any atom is -0.396 e. The van der Waals surface area contributed by atoms with Crippen molar-refractivity contribution in [3.8, 4) is 0 Å². The lowest BCUT2D eigenvalue weighted by atomic mass is 9.72. The normalized spacial score (nSPS) is 35.5. The SMILES string of the molecule is CC[C@]1(CO)C[C@H]2CC[C@@H]1N2Cc1nncn1C. The Morgan fingerprint density at radius 1 is 1.50 bits per heavy atom. The summed E-state index contributed by atoms with van der Waals surface area (Å²) in [4.78, 5) is 2.55. The number of fused-ring (bicyclic) bond motifs is 2. The zero-order valence-electron chi connectivity index (χ0n) is 11.2. The average molecular weight is 250 g/mol. The van der Waals surface area contributed by atoms with Crippen LogP contribution in [0.4, 0.5) is 0 Å². The Kier molecular flexibility index (Phi) is 2.90. The molecular formula is C13H22N4O. The van der Waals surface area contributed by atoms with Crippen LogP contribution in [0.1, 0.15) is 38.4 Å². The summed E-state index contributed by atoms with van der Waals surface area (Å²) in [7, 11) is 1.99. The molecule has 0 unspecified atom stereocenters. The molecule has 3 heterocycles. The van der Waals surface area contributed by atoms with Crippen LogP contribution < -0.4 is 0 Å². The predicted molar refractivity (Wildman–Crippen MR) is 67.8 cm³/mol. The van der Waals surface area contributed by atoms with Gasteiger partial charge in [-0.2, -0.15) is 0 Å². The van der Waals surface area contributed by atoms with E-state index in [1.165, 1.54) is 12.8 Å². The van der Waals surface area contributed by atoms with Crippen molar-refractivity contribution in [1.29, 1.82) is 0 Å². The van der Waals surface area contributed by atoms with Gasteiger partial charge < -0.3 is 9.67 Å². The molecule has 1 aromatic heterocycles. The molecule has 0 radical (unpaired) electrons. The maximum Gasteiger partial charge on any atom is 0.146 e. The molecule has 18 heavy (non-hydrogen) atoms. The molecule has 2 saturated heterocycles. The summed E-state index contributed by atoms with van der Waals surface area (Å²) in [5.41, 5.74) is 0.126. The molecule has 0 aromatic carbocycles. The van der Waals surface area contributed by atoms with E-state index in [0.29, 0.717) is 18.7 Å². The Labute approximate surface area is 108 Å². The maximum absolute atomic E-state index is 9.78. The van der Waals surface area contributed by atoms with Crippen LogP contribution in [0.15, 0.2) is 6.33 Å². The Bertz CT molecular complexity index is 426. The summed E-state index contributed by atoms with van der Waals surface area (Å²) in [6.07, 6.45) is 6.45. The van der Waals surface area contributed by atoms with E-state index in [9.17, 15) is 5.11 Å². The molecule has 0 amide bonds. The van der Waals surface area contributed by atoms with Gasteiger partial charge in [0, 0.05) is 24.5 Å². The Morgan fingerprint density at radius 3 is 2.89 bits per heavy atom. The van der Waals surface area contributed by atoms with Gasteiger partial charge in [-0.05, 0) is 25.7 Å². The number of rotatable bonds is 4. The van der Waals surface area contributed by atoms with Gasteiger partial charge in [0.2, 0.25) is 0 Å². The molecule has 100 valence electrons. The van der Waals surface area contributed by atoms with Crippen molar-refractivity contribution in [2.75, 3.05) is 6.61 Å². The zero-order chi connectivity index (χ0) is 12.8. The molecular weight excluding hydrogens is 228 g/mol. The van der Waals surface area contributed by atoms with E-state index < -0.39 is 0 Å². The average Bonchev–Trinajstić information content (AvgIpc) is 3.05. The van der Waals surface area contributed by atoms with Crippen molar-refractivity contribution in [3.05, 3.63) is 12.2 Å². The highest BCUT2D eigenvalue weighted by Crippen LogP contribution is 2.51. The summed E-state index contributed by atoms with van der Waals surface area (Å²) in [6.45, 7) is 3.39. The lowest BCUT2D eigenvalue weighted by Crippen LogP contribution is -2.39. The number of aromatic nitrogens is 3. The molecule has 5 heteroatoms. The second kappa shape index (κ2) is 4.31. The maximum atomic E-state index is 9.78. The molecule has 0 spiro atoms. The van der Waals surface area contributed by atoms with Crippen LogP contribution in [0, 0.1) is 5.41 Å². The summed E-state index contributed by atoms with van der Waals surface area (Å²) in [5.74, 6) is 1.02. The number of hydrogen-bond donors (Lipinski definition) is 1. The third-order valence-corrected chi connectivity index (χ3v) is 5.14. The summed E-state index contributed by atoms with van der Waals surface area (Å²) < 4.78 is 1.99. The highest BCUT2D eigenvalue weighted by Gasteiger charge is 2.54. The van der Waals surface area contributed by atoms with Gasteiger partial charge in [0.25, 0.3) is 0 Å². The molecule has 2 bridgehead atoms. The monoisotopic (exact) mass is 250 g/mol. The lowest BCUT2D eigenvalue weighted by molar-refractivity contribution is 0.0706. The fourth-order valence-electron chi connectivity index (χ4n) is 3.93. The van der Waals surface area contributed by atoms with Gasteiger partial charge in [0.15, 0.2) is 0 Å². The first-order chi connectivity index (χ1) is 8.70. The van der Waals surface area contributed by atoms with Gasteiger partial charge in [-0.15, -0.1) is 10.2 Å². The van der Waals surface area contributed by atoms with Crippen molar-refractivity contribution >= 4 is 0 Å². The summed E-state index contributed by atoms with van der Waals surface area (Å²) >= 11 is 0. The first-order valence-electron chi connectivity index (χ1n) is 6.89. The van der Waals surface area contributed by atoms with E-state index in [0.717, 1.165) is 25.2 Å². The van der Waals surface area contributed by atoms with Crippen molar-refractivity contribution < 1.29 is 5.11 Å². The second-order valence-corrected chi connectivity index (χ2v) is 5.86. The van der Waals surface area contributed by atoms with Crippen molar-refractivity contribution in [2.24, 2.45) is 12.5 Å². The second-order valence-electron chi connectivity index (χ2n) is 5.86. The van der Waals surface area contributed by atoms with Crippen molar-refractivity contribution in [2.45, 2.75) is 51.2 Å². The molecule has 1 aromatic rings. The molecule has 3 atom stereocenters. The number of aliphatic hydroxyl groups is 1. The minimum atomic E-state index is 0.126. The molecule has 0 aliphatic carbocycles. The first kappa shape index (κ1) is 12.1. The highest BCUT2D eigenvalue weighted by atomic mass is 16.3. The van der Waals surface area contributed by atoms with E-state index in [4.69, 9.17) is 0 Å². The topological polar surface area (TPSA) is 54.2 Å². The van der Waals surface area contributed by atoms with E-state index >= 15 is 0 Å². The number of nitrogens with zero attached hydrogens (tertiary/aromatic N) is 4. The molecule has 2 aliphatic heterocycles. The van der Waals surface area contributed by atoms with Crippen LogP contribution in [0.3, 0.4) is 0 Å². The van der Waals surface area contributed by atoms with Crippen LogP contribution in [-0.2, 0) is 13.6 Å². The summed E-state index contributed by atoms with van der Waals surface area (Å²) in [6, 6.07) is 1.15. The molecule has 3 rings (SSSR count). The number of hydrogen-bond acceptors (Lipinski definition) is 4. The fourth-order valence-corrected chi connectivity index (χ4v) is 3.93. The summed E-state index contributed by atoms with van der Waals surface area (Å²) in [5, 5.41) is 17.9. The van der Waals surface area contributed by atoms with Crippen LogP contribution in [-0.4, -0.2) is 43.5 Å². The van der Waals surface area contributed by atoms with Gasteiger partial charge in [-0.3, -0.25) is 4.90 Å². The first-order valence-corrected chi connectivity index (χ1v) is 6.89. The van der Waals surface area contributed by atoms with Gasteiger partial charge in [-0.25, -0.2) is 0 Å². The molecule has 2 aliphatic rings. The van der Waals surface area contributed by atoms with Gasteiger partial charge in [0.1, 0.15) is 12.2 Å². The van der Waals surface area contributed by atoms with E-state index in [1.807, 2.05) is 11.6 Å². The third kappa shape index (κ3) is 1.61. The Morgan fingerprint density at radius 2 is 2.33 bits per heavy atom. The molecule has 1 N–H and O–H groups in total. The fraction of sp³-hybridized carbons (Fsp3) is 0.846. The minimum absolute atomic E-state index is 0.126. The Balaban J connectivity index is 1.81. The van der Waals surface area contributed by atoms with Crippen LogP contribution in [0.5, 0.6) is 0 Å². The smallest absolute Gasteiger partial charge is 0.146 e. The van der Waals surface area contributed by atoms with Gasteiger partial charge in [0.05, 0.1) is 13.2 Å². The lowest BCUT2D eigenvalue weighted by Gasteiger charge is -2.35. The number of aliphatic hydroxyl groups excluding tert-OH is 1. The van der Waals surface area contributed by atoms with Crippen molar-refractivity contribution in [3.63, 3.8) is 0 Å². The Hall–Kier alpha value is -0.940. The van der Waals surface area contributed by atoms with Gasteiger partial charge in [-0.1, -0.05) is 6.92 Å². The van der Waals surface area contributed by atoms with Gasteiger partial charge >= 0.3 is 0 Å². The quantitative estimate of drug-likeness (QED) is 0.864. The predicted octanol–water partition coefficient (Wildman–Crippen LogP) is 0.940. The standard InChI is InChI=1S/C13H22N4O/c1-3-13(8-18)6-10-4-5-11(13)17(10)7-12-15-14-9-16(12)2/h9-11,18H,3-8H2,1-2H3/t10-,11+,13-/m1/s1. The highest BCUT2D eigenvalue weighted by molar-refractivity contribution is 5.08. The number of aryl methyl sites for hydroxylation is 1. The molecule has 2 fully saturated rings. The largest absolute Gasteiger partial charge is 0.396 e. The van der Waals surface area contributed by atoms with Crippen LogP contribution in [0.2, 0.25) is 0 Å². The van der Waals surface area contributed by atoms with Crippen molar-refractivity contribution in [1.82, 2.24) is 19.7 Å². The molecule has 0 saturated carbocycles. The van der Waals surface area contributed by atoms with Crippen LogP contribution >= 0.6 is 0 Å². The molecule has 5 nitrogen and oxygen atoms in total. The van der Waals surface area contributed by atoms with Crippen LogP contribution in [0.25, 0.3) is 0 Å².